The Morgan fingerprint density at radius 2 is 1.85 bits per heavy atom. The molecule has 2 aromatic carbocycles. The van der Waals surface area contributed by atoms with Crippen molar-refractivity contribution in [2.75, 3.05) is 5.32 Å². The Balaban J connectivity index is 2.53. The van der Waals surface area contributed by atoms with Crippen molar-refractivity contribution < 1.29 is 8.78 Å². The molecule has 0 aliphatic carbocycles. The van der Waals surface area contributed by atoms with Crippen molar-refractivity contribution in [3.63, 3.8) is 0 Å². The molecule has 2 aromatic rings. The fourth-order valence-electron chi connectivity index (χ4n) is 1.88. The molecule has 2 rings (SSSR count). The van der Waals surface area contributed by atoms with Crippen LogP contribution in [0.15, 0.2) is 30.3 Å². The quantitative estimate of drug-likeness (QED) is 0.841. The van der Waals surface area contributed by atoms with E-state index in [4.69, 9.17) is 18.0 Å². The topological polar surface area (TPSA) is 38.0 Å². The van der Waals surface area contributed by atoms with Crippen LogP contribution in [-0.2, 0) is 0 Å². The highest BCUT2D eigenvalue weighted by Crippen LogP contribution is 2.28. The molecular weight excluding hydrogens is 278 g/mol. The molecule has 0 bridgehead atoms. The number of thiocarbonyl (C=S) groups is 1. The van der Waals surface area contributed by atoms with Gasteiger partial charge < -0.3 is 11.1 Å². The minimum atomic E-state index is -0.663. The molecule has 0 unspecified atom stereocenters. The van der Waals surface area contributed by atoms with Crippen LogP contribution < -0.4 is 11.1 Å². The van der Waals surface area contributed by atoms with E-state index in [1.54, 1.807) is 19.1 Å². The minimum absolute atomic E-state index is 0.168. The molecule has 20 heavy (non-hydrogen) atoms. The van der Waals surface area contributed by atoms with Crippen molar-refractivity contribution >= 4 is 28.6 Å². The largest absolute Gasteiger partial charge is 0.389 e. The van der Waals surface area contributed by atoms with Gasteiger partial charge in [0.25, 0.3) is 0 Å². The Hall–Kier alpha value is -2.01. The molecule has 3 N–H and O–H groups in total. The molecule has 0 aromatic heterocycles. The summed E-state index contributed by atoms with van der Waals surface area (Å²) in [6.45, 7) is 3.45. The number of hydrogen-bond donors (Lipinski definition) is 2. The summed E-state index contributed by atoms with van der Waals surface area (Å²) in [6.07, 6.45) is 0. The number of nitrogens with one attached hydrogen (secondary N) is 1. The lowest BCUT2D eigenvalue weighted by Crippen LogP contribution is -2.12. The number of rotatable bonds is 3. The molecule has 2 nitrogen and oxygen atoms in total. The zero-order valence-electron chi connectivity index (χ0n) is 11.1. The van der Waals surface area contributed by atoms with Crippen LogP contribution in [0.4, 0.5) is 20.2 Å². The number of anilines is 2. The van der Waals surface area contributed by atoms with Crippen LogP contribution in [0.1, 0.15) is 16.7 Å². The Labute approximate surface area is 121 Å². The number of nitrogens with two attached hydrogens (primary N) is 1. The molecule has 0 aliphatic rings. The first kappa shape index (κ1) is 14.4. The van der Waals surface area contributed by atoms with Gasteiger partial charge in [-0.15, -0.1) is 0 Å². The van der Waals surface area contributed by atoms with E-state index in [-0.39, 0.29) is 10.7 Å². The van der Waals surface area contributed by atoms with E-state index in [0.29, 0.717) is 16.8 Å². The third-order valence-electron chi connectivity index (χ3n) is 2.98. The lowest BCUT2D eigenvalue weighted by molar-refractivity contribution is 0.585. The lowest BCUT2D eigenvalue weighted by Gasteiger charge is -2.14. The van der Waals surface area contributed by atoms with Gasteiger partial charge in [-0.3, -0.25) is 0 Å². The Morgan fingerprint density at radius 3 is 2.50 bits per heavy atom. The van der Waals surface area contributed by atoms with Crippen molar-refractivity contribution in [1.82, 2.24) is 0 Å². The summed E-state index contributed by atoms with van der Waals surface area (Å²) in [5.41, 5.74) is 7.75. The molecule has 0 saturated carbocycles. The van der Waals surface area contributed by atoms with Gasteiger partial charge in [0.05, 0.1) is 0 Å². The maximum Gasteiger partial charge on any atom is 0.152 e. The number of aryl methyl sites for hydroxylation is 2. The molecular formula is C15H14F2N2S. The average molecular weight is 292 g/mol. The minimum Gasteiger partial charge on any atom is -0.389 e. The number of hydrogen-bond acceptors (Lipinski definition) is 2. The van der Waals surface area contributed by atoms with Gasteiger partial charge in [-0.1, -0.05) is 24.4 Å². The maximum atomic E-state index is 14.0. The summed E-state index contributed by atoms with van der Waals surface area (Å²) < 4.78 is 27.8. The molecule has 0 saturated heterocycles. The third kappa shape index (κ3) is 2.77. The molecule has 0 aliphatic heterocycles. The van der Waals surface area contributed by atoms with Gasteiger partial charge in [0.15, 0.2) is 5.82 Å². The predicted octanol–water partition coefficient (Wildman–Crippen LogP) is 3.96. The van der Waals surface area contributed by atoms with Gasteiger partial charge >= 0.3 is 0 Å². The number of halogens is 2. The summed E-state index contributed by atoms with van der Waals surface area (Å²) in [6, 6.07) is 7.92. The SMILES string of the molecule is Cc1ccc(C(N)=S)c(Nc2c(F)ccc(C)c2F)c1. The van der Waals surface area contributed by atoms with Crippen molar-refractivity contribution in [2.24, 2.45) is 5.73 Å². The van der Waals surface area contributed by atoms with E-state index in [1.807, 2.05) is 13.0 Å². The van der Waals surface area contributed by atoms with Crippen LogP contribution in [0.3, 0.4) is 0 Å². The van der Waals surface area contributed by atoms with Crippen molar-refractivity contribution in [2.45, 2.75) is 13.8 Å². The van der Waals surface area contributed by atoms with Crippen LogP contribution in [0.5, 0.6) is 0 Å². The van der Waals surface area contributed by atoms with Crippen LogP contribution in [0.2, 0.25) is 0 Å². The van der Waals surface area contributed by atoms with Crippen LogP contribution in [0.25, 0.3) is 0 Å². The first-order valence-corrected chi connectivity index (χ1v) is 6.43. The van der Waals surface area contributed by atoms with E-state index in [1.165, 1.54) is 12.1 Å². The highest BCUT2D eigenvalue weighted by molar-refractivity contribution is 7.80. The Morgan fingerprint density at radius 1 is 1.15 bits per heavy atom. The molecule has 0 amide bonds. The highest BCUT2D eigenvalue weighted by atomic mass is 32.1. The summed E-state index contributed by atoms with van der Waals surface area (Å²) in [5.74, 6) is -1.29. The van der Waals surface area contributed by atoms with Crippen LogP contribution in [0, 0.1) is 25.5 Å². The summed E-state index contributed by atoms with van der Waals surface area (Å²) in [4.78, 5) is 0.168. The zero-order valence-corrected chi connectivity index (χ0v) is 11.9. The lowest BCUT2D eigenvalue weighted by atomic mass is 10.1. The maximum absolute atomic E-state index is 14.0. The smallest absolute Gasteiger partial charge is 0.152 e. The van der Waals surface area contributed by atoms with Crippen molar-refractivity contribution in [3.05, 3.63) is 58.7 Å². The van der Waals surface area contributed by atoms with Crippen molar-refractivity contribution in [1.29, 1.82) is 0 Å². The normalized spacial score (nSPS) is 10.4. The van der Waals surface area contributed by atoms with E-state index >= 15 is 0 Å². The summed E-state index contributed by atoms with van der Waals surface area (Å²) in [7, 11) is 0. The molecule has 5 heteroatoms. The molecule has 0 atom stereocenters. The fraction of sp³-hybridized carbons (Fsp3) is 0.133. The fourth-order valence-corrected chi connectivity index (χ4v) is 2.06. The van der Waals surface area contributed by atoms with Gasteiger partial charge in [0.2, 0.25) is 0 Å². The van der Waals surface area contributed by atoms with Gasteiger partial charge in [-0.25, -0.2) is 8.78 Å². The van der Waals surface area contributed by atoms with E-state index in [2.05, 4.69) is 5.32 Å². The second-order valence-corrected chi connectivity index (χ2v) is 5.03. The second-order valence-electron chi connectivity index (χ2n) is 4.59. The van der Waals surface area contributed by atoms with E-state index in [9.17, 15) is 8.78 Å². The van der Waals surface area contributed by atoms with Crippen LogP contribution in [-0.4, -0.2) is 4.99 Å². The first-order valence-electron chi connectivity index (χ1n) is 6.02. The van der Waals surface area contributed by atoms with Gasteiger partial charge in [0.1, 0.15) is 16.5 Å². The first-order chi connectivity index (χ1) is 9.40. The van der Waals surface area contributed by atoms with Crippen LogP contribution >= 0.6 is 12.2 Å². The van der Waals surface area contributed by atoms with Gasteiger partial charge in [0, 0.05) is 11.3 Å². The zero-order chi connectivity index (χ0) is 14.9. The summed E-state index contributed by atoms with van der Waals surface area (Å²) >= 11 is 4.95. The number of benzene rings is 2. The monoisotopic (exact) mass is 292 g/mol. The van der Waals surface area contributed by atoms with E-state index < -0.39 is 11.6 Å². The molecule has 0 heterocycles. The molecule has 0 radical (unpaired) electrons. The van der Waals surface area contributed by atoms with E-state index in [0.717, 1.165) is 5.56 Å². The average Bonchev–Trinajstić information content (AvgIpc) is 2.39. The Kier molecular flexibility index (Phi) is 3.99. The summed E-state index contributed by atoms with van der Waals surface area (Å²) in [5, 5.41) is 2.75. The van der Waals surface area contributed by atoms with Gasteiger partial charge in [-0.2, -0.15) is 0 Å². The molecule has 104 valence electrons. The Bertz CT molecular complexity index is 684. The molecule has 0 fully saturated rings. The standard InChI is InChI=1S/C15H14F2N2S/c1-8-3-5-10(15(18)20)12(7-8)19-14-11(16)6-4-9(2)13(14)17/h3-7,19H,1-2H3,(H2,18,20). The van der Waals surface area contributed by atoms with Gasteiger partial charge in [-0.05, 0) is 43.2 Å². The third-order valence-corrected chi connectivity index (χ3v) is 3.20. The predicted molar refractivity (Wildman–Crippen MR) is 81.4 cm³/mol. The van der Waals surface area contributed by atoms with Crippen molar-refractivity contribution in [3.8, 4) is 0 Å². The second kappa shape index (κ2) is 5.54. The highest BCUT2D eigenvalue weighted by Gasteiger charge is 2.14. The molecule has 0 spiro atoms.